The van der Waals surface area contributed by atoms with Crippen molar-refractivity contribution in [3.63, 3.8) is 0 Å². The molecule has 1 aromatic heterocycles. The highest BCUT2D eigenvalue weighted by Crippen LogP contribution is 2.32. The third-order valence-corrected chi connectivity index (χ3v) is 3.06. The van der Waals surface area contributed by atoms with E-state index in [1.807, 2.05) is 17.0 Å². The molecule has 92 valence electrons. The standard InChI is InChI=1S/C13H19N3O/c1-9(2)8-16-12(17)6-11(14)13(16)10-4-3-5-15-7-10/h3-5,7,9,11,13H,6,8,14H2,1-2H3/t11-,13+/m0/s1. The van der Waals surface area contributed by atoms with E-state index in [1.165, 1.54) is 0 Å². The molecule has 1 saturated heterocycles. The zero-order valence-electron chi connectivity index (χ0n) is 10.3. The summed E-state index contributed by atoms with van der Waals surface area (Å²) in [5.74, 6) is 0.600. The summed E-state index contributed by atoms with van der Waals surface area (Å²) < 4.78 is 0. The molecule has 17 heavy (non-hydrogen) atoms. The quantitative estimate of drug-likeness (QED) is 0.857. The Morgan fingerprint density at radius 3 is 2.94 bits per heavy atom. The zero-order valence-corrected chi connectivity index (χ0v) is 10.3. The number of hydrogen-bond donors (Lipinski definition) is 1. The van der Waals surface area contributed by atoms with E-state index >= 15 is 0 Å². The van der Waals surface area contributed by atoms with E-state index in [-0.39, 0.29) is 18.0 Å². The average molecular weight is 233 g/mol. The molecule has 2 N–H and O–H groups in total. The minimum Gasteiger partial charge on any atom is -0.334 e. The van der Waals surface area contributed by atoms with E-state index < -0.39 is 0 Å². The minimum atomic E-state index is -0.120. The van der Waals surface area contributed by atoms with Crippen molar-refractivity contribution < 1.29 is 4.79 Å². The van der Waals surface area contributed by atoms with Gasteiger partial charge in [0.15, 0.2) is 0 Å². The Bertz CT molecular complexity index is 391. The van der Waals surface area contributed by atoms with Crippen LogP contribution in [0, 0.1) is 5.92 Å². The maximum Gasteiger partial charge on any atom is 0.224 e. The van der Waals surface area contributed by atoms with Crippen LogP contribution in [0.5, 0.6) is 0 Å². The maximum atomic E-state index is 11.9. The van der Waals surface area contributed by atoms with Gasteiger partial charge in [0, 0.05) is 31.4 Å². The molecule has 1 aromatic rings. The second kappa shape index (κ2) is 4.84. The molecule has 2 atom stereocenters. The number of carbonyl (C=O) groups is 1. The highest BCUT2D eigenvalue weighted by Gasteiger charge is 2.38. The van der Waals surface area contributed by atoms with Crippen LogP contribution < -0.4 is 5.73 Å². The van der Waals surface area contributed by atoms with Gasteiger partial charge in [0.05, 0.1) is 6.04 Å². The fourth-order valence-electron chi connectivity index (χ4n) is 2.40. The van der Waals surface area contributed by atoms with Crippen molar-refractivity contribution in [2.45, 2.75) is 32.4 Å². The summed E-state index contributed by atoms with van der Waals surface area (Å²) in [4.78, 5) is 17.9. The molecule has 0 unspecified atom stereocenters. The number of hydrogen-bond acceptors (Lipinski definition) is 3. The molecule has 0 saturated carbocycles. The molecule has 2 rings (SSSR count). The number of rotatable bonds is 3. The summed E-state index contributed by atoms with van der Waals surface area (Å²) in [6, 6.07) is 3.74. The molecule has 0 radical (unpaired) electrons. The molecule has 1 aliphatic heterocycles. The minimum absolute atomic E-state index is 0.0152. The van der Waals surface area contributed by atoms with Gasteiger partial charge in [0.1, 0.15) is 0 Å². The molecule has 2 heterocycles. The predicted molar refractivity (Wildman–Crippen MR) is 66.1 cm³/mol. The Hall–Kier alpha value is -1.42. The van der Waals surface area contributed by atoms with Crippen molar-refractivity contribution in [2.75, 3.05) is 6.54 Å². The van der Waals surface area contributed by atoms with Crippen LogP contribution in [0.4, 0.5) is 0 Å². The Morgan fingerprint density at radius 1 is 1.59 bits per heavy atom. The maximum absolute atomic E-state index is 11.9. The van der Waals surface area contributed by atoms with Crippen molar-refractivity contribution in [2.24, 2.45) is 11.7 Å². The van der Waals surface area contributed by atoms with E-state index in [9.17, 15) is 4.79 Å². The number of likely N-dealkylation sites (tertiary alicyclic amines) is 1. The number of nitrogens with zero attached hydrogens (tertiary/aromatic N) is 2. The first-order valence-electron chi connectivity index (χ1n) is 6.04. The van der Waals surface area contributed by atoms with Gasteiger partial charge in [0.25, 0.3) is 0 Å². The van der Waals surface area contributed by atoms with Crippen LogP contribution in [0.25, 0.3) is 0 Å². The van der Waals surface area contributed by atoms with Gasteiger partial charge >= 0.3 is 0 Å². The molecule has 0 aromatic carbocycles. The van der Waals surface area contributed by atoms with Crippen molar-refractivity contribution in [3.05, 3.63) is 30.1 Å². The monoisotopic (exact) mass is 233 g/mol. The number of aromatic nitrogens is 1. The lowest BCUT2D eigenvalue weighted by Crippen LogP contribution is -2.35. The second-order valence-corrected chi connectivity index (χ2v) is 5.04. The summed E-state index contributed by atoms with van der Waals surface area (Å²) in [5, 5.41) is 0. The Labute approximate surface area is 102 Å². The van der Waals surface area contributed by atoms with Gasteiger partial charge < -0.3 is 10.6 Å². The molecule has 4 nitrogen and oxygen atoms in total. The first-order chi connectivity index (χ1) is 8.09. The van der Waals surface area contributed by atoms with Crippen LogP contribution in [-0.4, -0.2) is 28.4 Å². The largest absolute Gasteiger partial charge is 0.334 e. The molecular formula is C13H19N3O. The predicted octanol–water partition coefficient (Wildman–Crippen LogP) is 1.34. The lowest BCUT2D eigenvalue weighted by Gasteiger charge is -2.28. The van der Waals surface area contributed by atoms with Crippen LogP contribution >= 0.6 is 0 Å². The van der Waals surface area contributed by atoms with Gasteiger partial charge in [-0.25, -0.2) is 0 Å². The Kier molecular flexibility index (Phi) is 3.43. The highest BCUT2D eigenvalue weighted by molar-refractivity contribution is 5.80. The number of nitrogens with two attached hydrogens (primary N) is 1. The van der Waals surface area contributed by atoms with Crippen molar-refractivity contribution in [1.29, 1.82) is 0 Å². The molecule has 1 amide bonds. The first kappa shape index (κ1) is 12.0. The number of amides is 1. The van der Waals surface area contributed by atoms with E-state index in [4.69, 9.17) is 5.73 Å². The van der Waals surface area contributed by atoms with Crippen LogP contribution in [0.1, 0.15) is 31.9 Å². The molecule has 1 aliphatic rings. The highest BCUT2D eigenvalue weighted by atomic mass is 16.2. The van der Waals surface area contributed by atoms with E-state index in [2.05, 4.69) is 18.8 Å². The van der Waals surface area contributed by atoms with E-state index in [1.54, 1.807) is 12.4 Å². The van der Waals surface area contributed by atoms with E-state index in [0.717, 1.165) is 12.1 Å². The summed E-state index contributed by atoms with van der Waals surface area (Å²) in [6.45, 7) is 4.97. The smallest absolute Gasteiger partial charge is 0.224 e. The summed E-state index contributed by atoms with van der Waals surface area (Å²) in [5.41, 5.74) is 7.11. The normalized spacial score (nSPS) is 24.7. The van der Waals surface area contributed by atoms with Gasteiger partial charge in [-0.1, -0.05) is 19.9 Å². The van der Waals surface area contributed by atoms with Gasteiger partial charge in [-0.2, -0.15) is 0 Å². The van der Waals surface area contributed by atoms with Crippen LogP contribution in [-0.2, 0) is 4.79 Å². The Morgan fingerprint density at radius 2 is 2.35 bits per heavy atom. The van der Waals surface area contributed by atoms with Gasteiger partial charge in [0.2, 0.25) is 5.91 Å². The lowest BCUT2D eigenvalue weighted by atomic mass is 10.0. The van der Waals surface area contributed by atoms with Crippen LogP contribution in [0.2, 0.25) is 0 Å². The molecule has 1 fully saturated rings. The zero-order chi connectivity index (χ0) is 12.4. The number of carbonyl (C=O) groups excluding carboxylic acids is 1. The van der Waals surface area contributed by atoms with Gasteiger partial charge in [-0.15, -0.1) is 0 Å². The summed E-state index contributed by atoms with van der Waals surface area (Å²) in [7, 11) is 0. The third kappa shape index (κ3) is 2.47. The molecule has 0 aliphatic carbocycles. The second-order valence-electron chi connectivity index (χ2n) is 5.04. The van der Waals surface area contributed by atoms with Gasteiger partial charge in [-0.05, 0) is 17.5 Å². The van der Waals surface area contributed by atoms with Crippen molar-refractivity contribution in [1.82, 2.24) is 9.88 Å². The van der Waals surface area contributed by atoms with Crippen molar-refractivity contribution >= 4 is 5.91 Å². The van der Waals surface area contributed by atoms with E-state index in [0.29, 0.717) is 12.3 Å². The van der Waals surface area contributed by atoms with Crippen LogP contribution in [0.3, 0.4) is 0 Å². The molecule has 4 heteroatoms. The molecule has 0 bridgehead atoms. The first-order valence-corrected chi connectivity index (χ1v) is 6.04. The average Bonchev–Trinajstić information content (AvgIpc) is 2.54. The lowest BCUT2D eigenvalue weighted by molar-refractivity contribution is -0.129. The molecule has 0 spiro atoms. The summed E-state index contributed by atoms with van der Waals surface area (Å²) >= 11 is 0. The SMILES string of the molecule is CC(C)CN1C(=O)C[C@H](N)[C@H]1c1cccnc1. The van der Waals surface area contributed by atoms with Gasteiger partial charge in [-0.3, -0.25) is 9.78 Å². The fourth-order valence-corrected chi connectivity index (χ4v) is 2.40. The fraction of sp³-hybridized carbons (Fsp3) is 0.538. The summed E-state index contributed by atoms with van der Waals surface area (Å²) in [6.07, 6.45) is 3.97. The number of pyridine rings is 1. The Balaban J connectivity index is 2.26. The molecular weight excluding hydrogens is 214 g/mol. The van der Waals surface area contributed by atoms with Crippen molar-refractivity contribution in [3.8, 4) is 0 Å². The third-order valence-electron chi connectivity index (χ3n) is 3.06. The van der Waals surface area contributed by atoms with Crippen LogP contribution in [0.15, 0.2) is 24.5 Å². The topological polar surface area (TPSA) is 59.2 Å².